The van der Waals surface area contributed by atoms with E-state index in [1.165, 1.54) is 11.0 Å². The van der Waals surface area contributed by atoms with Crippen molar-refractivity contribution in [2.75, 3.05) is 0 Å². The highest BCUT2D eigenvalue weighted by atomic mass is 79.9. The van der Waals surface area contributed by atoms with Crippen LogP contribution < -0.4 is 5.73 Å². The van der Waals surface area contributed by atoms with Crippen LogP contribution in [0, 0.1) is 18.2 Å². The molecule has 2 rings (SSSR count). The van der Waals surface area contributed by atoms with Gasteiger partial charge in [0.15, 0.2) is 0 Å². The molecule has 0 radical (unpaired) electrons. The van der Waals surface area contributed by atoms with Gasteiger partial charge in [-0.15, -0.1) is 6.42 Å². The molecule has 0 fully saturated rings. The van der Waals surface area contributed by atoms with Gasteiger partial charge in [0, 0.05) is 10.0 Å². The zero-order chi connectivity index (χ0) is 14.2. The third kappa shape index (κ3) is 2.34. The van der Waals surface area contributed by atoms with Gasteiger partial charge in [-0.3, -0.25) is 4.90 Å². The number of aliphatic imine (C=N–C) groups is 1. The van der Waals surface area contributed by atoms with Crippen LogP contribution in [0.15, 0.2) is 27.7 Å². The summed E-state index contributed by atoms with van der Waals surface area (Å²) in [6, 6.07) is 2.71. The van der Waals surface area contributed by atoms with Crippen LogP contribution in [-0.4, -0.2) is 22.8 Å². The Labute approximate surface area is 118 Å². The molecule has 19 heavy (non-hydrogen) atoms. The predicted octanol–water partition coefficient (Wildman–Crippen LogP) is 2.44. The van der Waals surface area contributed by atoms with E-state index in [2.05, 4.69) is 26.8 Å². The Morgan fingerprint density at radius 1 is 1.63 bits per heavy atom. The first-order valence-corrected chi connectivity index (χ1v) is 6.32. The Balaban J connectivity index is 2.49. The van der Waals surface area contributed by atoms with Crippen LogP contribution in [0.5, 0.6) is 0 Å². The van der Waals surface area contributed by atoms with Crippen LogP contribution in [0.2, 0.25) is 0 Å². The largest absolute Gasteiger partial charge is 0.385 e. The lowest BCUT2D eigenvalue weighted by Crippen LogP contribution is -2.39. The maximum Gasteiger partial charge on any atom is 0.347 e. The number of rotatable bonds is 2. The minimum Gasteiger partial charge on any atom is -0.385 e. The summed E-state index contributed by atoms with van der Waals surface area (Å²) in [6.07, 6.45) is 5.33. The van der Waals surface area contributed by atoms with Gasteiger partial charge in [0.1, 0.15) is 17.7 Å². The summed E-state index contributed by atoms with van der Waals surface area (Å²) in [4.78, 5) is 16.7. The van der Waals surface area contributed by atoms with Crippen molar-refractivity contribution >= 4 is 27.8 Å². The molecule has 0 saturated carbocycles. The molecular weight excluding hydrogens is 313 g/mol. The number of amides is 2. The van der Waals surface area contributed by atoms with Gasteiger partial charge in [-0.05, 0) is 19.1 Å². The van der Waals surface area contributed by atoms with Gasteiger partial charge in [0.05, 0.1) is 6.04 Å². The van der Waals surface area contributed by atoms with Crippen molar-refractivity contribution in [2.45, 2.75) is 19.0 Å². The van der Waals surface area contributed by atoms with E-state index in [0.717, 1.165) is 0 Å². The van der Waals surface area contributed by atoms with E-state index < -0.39 is 23.9 Å². The maximum atomic E-state index is 14.0. The second-order valence-electron chi connectivity index (χ2n) is 4.14. The highest BCUT2D eigenvalue weighted by Crippen LogP contribution is 2.31. The Morgan fingerprint density at radius 2 is 2.32 bits per heavy atom. The summed E-state index contributed by atoms with van der Waals surface area (Å²) < 4.78 is 14.6. The number of terminal acetylenes is 1. The molecule has 1 aromatic carbocycles. The Kier molecular flexibility index (Phi) is 3.58. The summed E-state index contributed by atoms with van der Waals surface area (Å²) in [5.41, 5.74) is 6.01. The molecule has 98 valence electrons. The van der Waals surface area contributed by atoms with Gasteiger partial charge in [-0.1, -0.05) is 27.9 Å². The first-order chi connectivity index (χ1) is 8.95. The summed E-state index contributed by atoms with van der Waals surface area (Å²) >= 11 is 3.18. The quantitative estimate of drug-likeness (QED) is 0.850. The molecule has 2 N–H and O–H groups in total. The summed E-state index contributed by atoms with van der Waals surface area (Å²) in [5, 5.41) is 0. The number of nitrogens with two attached hydrogens (primary N) is 1. The molecule has 2 atom stereocenters. The first-order valence-electron chi connectivity index (χ1n) is 5.53. The number of hydrogen-bond donors (Lipinski definition) is 1. The van der Waals surface area contributed by atoms with Crippen molar-refractivity contribution in [1.82, 2.24) is 4.90 Å². The molecule has 6 heteroatoms. The fraction of sp³-hybridized carbons (Fsp3) is 0.231. The molecule has 0 aromatic heterocycles. The van der Waals surface area contributed by atoms with E-state index in [1.54, 1.807) is 19.1 Å². The van der Waals surface area contributed by atoms with E-state index in [0.29, 0.717) is 4.47 Å². The number of halogens is 2. The summed E-state index contributed by atoms with van der Waals surface area (Å²) in [5.74, 6) is 2.01. The maximum absolute atomic E-state index is 14.0. The molecule has 4 nitrogen and oxygen atoms in total. The second kappa shape index (κ2) is 5.02. The average molecular weight is 324 g/mol. The van der Waals surface area contributed by atoms with Crippen LogP contribution in [0.1, 0.15) is 18.5 Å². The predicted molar refractivity (Wildman–Crippen MR) is 74.0 cm³/mol. The normalized spacial score (nSPS) is 20.1. The highest BCUT2D eigenvalue weighted by Gasteiger charge is 2.38. The van der Waals surface area contributed by atoms with E-state index in [4.69, 9.17) is 12.2 Å². The zero-order valence-electron chi connectivity index (χ0n) is 10.1. The van der Waals surface area contributed by atoms with Gasteiger partial charge in [0.25, 0.3) is 0 Å². The minimum atomic E-state index is -0.758. The standard InChI is InChI=1S/C13H11BrFN3O/c1-3-7(2)18-11(12(16)17-13(18)19)9-5-4-8(14)6-10(9)15/h1,4-7,11H,2H3,(H2,16,17,19). The Bertz CT molecular complexity index is 608. The average Bonchev–Trinajstić information content (AvgIpc) is 2.63. The van der Waals surface area contributed by atoms with Gasteiger partial charge in [0.2, 0.25) is 0 Å². The van der Waals surface area contributed by atoms with E-state index >= 15 is 0 Å². The van der Waals surface area contributed by atoms with E-state index in [1.807, 2.05) is 0 Å². The smallest absolute Gasteiger partial charge is 0.347 e. The van der Waals surface area contributed by atoms with Crippen molar-refractivity contribution in [1.29, 1.82) is 0 Å². The van der Waals surface area contributed by atoms with Crippen molar-refractivity contribution in [2.24, 2.45) is 10.7 Å². The molecule has 2 unspecified atom stereocenters. The topological polar surface area (TPSA) is 58.7 Å². The molecule has 0 aliphatic carbocycles. The minimum absolute atomic E-state index is 0.0494. The summed E-state index contributed by atoms with van der Waals surface area (Å²) in [7, 11) is 0. The number of benzene rings is 1. The van der Waals surface area contributed by atoms with Gasteiger partial charge >= 0.3 is 6.03 Å². The summed E-state index contributed by atoms with van der Waals surface area (Å²) in [6.45, 7) is 1.66. The first kappa shape index (κ1) is 13.6. The Hall–Kier alpha value is -1.87. The molecule has 1 aromatic rings. The number of urea groups is 1. The van der Waals surface area contributed by atoms with E-state index in [-0.39, 0.29) is 11.4 Å². The van der Waals surface area contributed by atoms with Crippen LogP contribution in [0.3, 0.4) is 0 Å². The third-order valence-corrected chi connectivity index (χ3v) is 3.41. The van der Waals surface area contributed by atoms with Gasteiger partial charge in [-0.25, -0.2) is 9.18 Å². The number of carbonyl (C=O) groups is 1. The highest BCUT2D eigenvalue weighted by molar-refractivity contribution is 9.10. The monoisotopic (exact) mass is 323 g/mol. The lowest BCUT2D eigenvalue weighted by molar-refractivity contribution is 0.198. The van der Waals surface area contributed by atoms with E-state index in [9.17, 15) is 9.18 Å². The Morgan fingerprint density at radius 3 is 2.89 bits per heavy atom. The van der Waals surface area contributed by atoms with Crippen molar-refractivity contribution in [3.05, 3.63) is 34.1 Å². The molecule has 1 heterocycles. The SMILES string of the molecule is C#CC(C)N1C(=O)N=C(N)C1c1ccc(Br)cc1F. The van der Waals surface area contributed by atoms with Crippen LogP contribution in [0.4, 0.5) is 9.18 Å². The number of hydrogen-bond acceptors (Lipinski definition) is 2. The fourth-order valence-electron chi connectivity index (χ4n) is 1.98. The van der Waals surface area contributed by atoms with Crippen LogP contribution in [0.25, 0.3) is 0 Å². The lowest BCUT2D eigenvalue weighted by atomic mass is 10.0. The molecule has 2 amide bonds. The number of nitrogens with zero attached hydrogens (tertiary/aromatic N) is 2. The van der Waals surface area contributed by atoms with Gasteiger partial charge < -0.3 is 5.73 Å². The number of carbonyl (C=O) groups excluding carboxylic acids is 1. The molecular formula is C13H11BrFN3O. The van der Waals surface area contributed by atoms with Crippen LogP contribution >= 0.6 is 15.9 Å². The molecule has 0 spiro atoms. The molecule has 1 aliphatic rings. The van der Waals surface area contributed by atoms with Crippen molar-refractivity contribution in [3.63, 3.8) is 0 Å². The van der Waals surface area contributed by atoms with Crippen LogP contribution in [-0.2, 0) is 0 Å². The van der Waals surface area contributed by atoms with Crippen molar-refractivity contribution < 1.29 is 9.18 Å². The third-order valence-electron chi connectivity index (χ3n) is 2.92. The second-order valence-corrected chi connectivity index (χ2v) is 5.05. The molecule has 0 saturated heterocycles. The fourth-order valence-corrected chi connectivity index (χ4v) is 2.32. The molecule has 0 bridgehead atoms. The molecule has 1 aliphatic heterocycles. The van der Waals surface area contributed by atoms with Crippen molar-refractivity contribution in [3.8, 4) is 12.3 Å². The van der Waals surface area contributed by atoms with Gasteiger partial charge in [-0.2, -0.15) is 4.99 Å². The number of amidine groups is 1. The lowest BCUT2D eigenvalue weighted by Gasteiger charge is -2.27. The zero-order valence-corrected chi connectivity index (χ0v) is 11.7.